The summed E-state index contributed by atoms with van der Waals surface area (Å²) in [6, 6.07) is 0.772. The van der Waals surface area contributed by atoms with Gasteiger partial charge in [0.2, 0.25) is 5.75 Å². The van der Waals surface area contributed by atoms with Crippen LogP contribution in [0.15, 0.2) is 23.3 Å². The summed E-state index contributed by atoms with van der Waals surface area (Å²) in [6.45, 7) is 3.57. The Morgan fingerprint density at radius 3 is 2.62 bits per heavy atom. The zero-order valence-corrected chi connectivity index (χ0v) is 14.2. The summed E-state index contributed by atoms with van der Waals surface area (Å²) in [4.78, 5) is 35.0. The second-order valence-corrected chi connectivity index (χ2v) is 6.00. The van der Waals surface area contributed by atoms with Crippen molar-refractivity contribution < 1.29 is 14.4 Å². The molecule has 0 spiro atoms. The maximum atomic E-state index is 13.8. The van der Waals surface area contributed by atoms with Crippen LogP contribution in [-0.4, -0.2) is 29.5 Å². The number of aromatic hydroxyl groups is 1. The molecule has 0 aliphatic carbocycles. The summed E-state index contributed by atoms with van der Waals surface area (Å²) in [6.07, 6.45) is 2.70. The van der Waals surface area contributed by atoms with Gasteiger partial charge in [0, 0.05) is 12.4 Å². The lowest BCUT2D eigenvalue weighted by Crippen LogP contribution is -2.25. The monoisotopic (exact) mass is 379 g/mol. The van der Waals surface area contributed by atoms with Gasteiger partial charge >= 0.3 is 11.2 Å². The maximum absolute atomic E-state index is 13.8. The SMILES string of the molecule is CC(C)c1nccnc1-n1c(=O)c([N+](=O)[O-])c(O)c2cc(F)c(Cl)nc21. The second-order valence-electron chi connectivity index (χ2n) is 5.65. The Bertz CT molecular complexity index is 1120. The smallest absolute Gasteiger partial charge is 0.376 e. The first-order valence-corrected chi connectivity index (χ1v) is 7.71. The van der Waals surface area contributed by atoms with E-state index in [-0.39, 0.29) is 22.8 Å². The number of hydrogen-bond donors (Lipinski definition) is 1. The Morgan fingerprint density at radius 2 is 2.00 bits per heavy atom. The third kappa shape index (κ3) is 2.64. The van der Waals surface area contributed by atoms with Crippen molar-refractivity contribution in [3.63, 3.8) is 0 Å². The molecule has 3 aromatic heterocycles. The van der Waals surface area contributed by atoms with Gasteiger partial charge in [-0.1, -0.05) is 25.4 Å². The third-order valence-corrected chi connectivity index (χ3v) is 3.92. The predicted molar refractivity (Wildman–Crippen MR) is 90.3 cm³/mol. The molecule has 0 aromatic carbocycles. The number of nitro groups is 1. The molecule has 134 valence electrons. The fourth-order valence-electron chi connectivity index (χ4n) is 2.52. The van der Waals surface area contributed by atoms with Gasteiger partial charge in [-0.3, -0.25) is 19.9 Å². The molecule has 0 amide bonds. The van der Waals surface area contributed by atoms with Gasteiger partial charge in [0.25, 0.3) is 0 Å². The van der Waals surface area contributed by atoms with Crippen LogP contribution in [0.3, 0.4) is 0 Å². The van der Waals surface area contributed by atoms with Crippen LogP contribution in [0.25, 0.3) is 16.9 Å². The number of fused-ring (bicyclic) bond motifs is 1. The fourth-order valence-corrected chi connectivity index (χ4v) is 2.65. The lowest BCUT2D eigenvalue weighted by molar-refractivity contribution is -0.387. The molecular weight excluding hydrogens is 369 g/mol. The van der Waals surface area contributed by atoms with Crippen LogP contribution in [0.1, 0.15) is 25.5 Å². The molecule has 3 rings (SSSR count). The molecule has 0 aliphatic rings. The van der Waals surface area contributed by atoms with Crippen LogP contribution in [0.4, 0.5) is 10.1 Å². The van der Waals surface area contributed by atoms with E-state index in [2.05, 4.69) is 15.0 Å². The molecule has 0 bridgehead atoms. The van der Waals surface area contributed by atoms with E-state index in [1.54, 1.807) is 13.8 Å². The number of aromatic nitrogens is 4. The van der Waals surface area contributed by atoms with Crippen molar-refractivity contribution in [3.8, 4) is 11.6 Å². The summed E-state index contributed by atoms with van der Waals surface area (Å²) < 4.78 is 14.6. The first-order chi connectivity index (χ1) is 12.2. The Balaban J connectivity index is 2.59. The van der Waals surface area contributed by atoms with E-state index in [1.165, 1.54) is 12.4 Å². The molecule has 0 aliphatic heterocycles. The lowest BCUT2D eigenvalue weighted by Gasteiger charge is -2.14. The van der Waals surface area contributed by atoms with Crippen molar-refractivity contribution in [1.29, 1.82) is 0 Å². The molecule has 1 N–H and O–H groups in total. The maximum Gasteiger partial charge on any atom is 0.376 e. The van der Waals surface area contributed by atoms with Crippen molar-refractivity contribution >= 4 is 28.3 Å². The van der Waals surface area contributed by atoms with Gasteiger partial charge in [-0.2, -0.15) is 0 Å². The van der Waals surface area contributed by atoms with E-state index in [0.29, 0.717) is 5.69 Å². The topological polar surface area (TPSA) is 124 Å². The van der Waals surface area contributed by atoms with Gasteiger partial charge in [0.15, 0.2) is 22.4 Å². The minimum absolute atomic E-state index is 0.0178. The zero-order chi connectivity index (χ0) is 19.2. The van der Waals surface area contributed by atoms with E-state index in [4.69, 9.17) is 11.6 Å². The summed E-state index contributed by atoms with van der Waals surface area (Å²) in [5, 5.41) is 20.5. The molecule has 9 nitrogen and oxygen atoms in total. The molecule has 0 atom stereocenters. The van der Waals surface area contributed by atoms with Gasteiger partial charge in [-0.05, 0) is 12.0 Å². The number of nitrogens with zero attached hydrogens (tertiary/aromatic N) is 5. The Morgan fingerprint density at radius 1 is 1.35 bits per heavy atom. The average molecular weight is 380 g/mol. The van der Waals surface area contributed by atoms with Crippen molar-refractivity contribution in [1.82, 2.24) is 19.5 Å². The van der Waals surface area contributed by atoms with E-state index in [1.807, 2.05) is 0 Å². The Kier molecular flexibility index (Phi) is 4.28. The van der Waals surface area contributed by atoms with Crippen LogP contribution < -0.4 is 5.56 Å². The van der Waals surface area contributed by atoms with Crippen LogP contribution >= 0.6 is 11.6 Å². The van der Waals surface area contributed by atoms with Crippen molar-refractivity contribution in [2.75, 3.05) is 0 Å². The van der Waals surface area contributed by atoms with Gasteiger partial charge in [-0.15, -0.1) is 0 Å². The summed E-state index contributed by atoms with van der Waals surface area (Å²) in [5.41, 5.74) is -2.22. The highest BCUT2D eigenvalue weighted by molar-refractivity contribution is 6.30. The minimum atomic E-state index is -1.18. The first kappa shape index (κ1) is 17.7. The van der Waals surface area contributed by atoms with E-state index >= 15 is 0 Å². The molecule has 26 heavy (non-hydrogen) atoms. The lowest BCUT2D eigenvalue weighted by atomic mass is 10.1. The standard InChI is InChI=1S/C15H11ClFN5O4/c1-6(2)9-14(19-4-3-18-9)21-13-7(5-8(17)12(16)20-13)11(23)10(15(21)24)22(25)26/h3-6,23H,1-2H3. The number of rotatable bonds is 3. The molecule has 3 aromatic rings. The molecule has 3 heterocycles. The summed E-state index contributed by atoms with van der Waals surface area (Å²) >= 11 is 5.70. The number of hydrogen-bond acceptors (Lipinski definition) is 7. The van der Waals surface area contributed by atoms with Gasteiger partial charge in [0.05, 0.1) is 16.0 Å². The van der Waals surface area contributed by atoms with Gasteiger partial charge < -0.3 is 5.11 Å². The highest BCUT2D eigenvalue weighted by Gasteiger charge is 2.29. The van der Waals surface area contributed by atoms with Crippen LogP contribution in [-0.2, 0) is 0 Å². The van der Waals surface area contributed by atoms with E-state index in [0.717, 1.165) is 10.6 Å². The minimum Gasteiger partial charge on any atom is -0.501 e. The van der Waals surface area contributed by atoms with Crippen LogP contribution in [0, 0.1) is 15.9 Å². The van der Waals surface area contributed by atoms with Crippen molar-refractivity contribution in [3.05, 3.63) is 55.6 Å². The van der Waals surface area contributed by atoms with Crippen molar-refractivity contribution in [2.24, 2.45) is 0 Å². The fraction of sp³-hybridized carbons (Fsp3) is 0.200. The van der Waals surface area contributed by atoms with Gasteiger partial charge in [-0.25, -0.2) is 18.9 Å². The highest BCUT2D eigenvalue weighted by Crippen LogP contribution is 2.33. The summed E-state index contributed by atoms with van der Waals surface area (Å²) in [5.74, 6) is -2.21. The van der Waals surface area contributed by atoms with E-state index in [9.17, 15) is 24.4 Å². The van der Waals surface area contributed by atoms with Crippen molar-refractivity contribution in [2.45, 2.75) is 19.8 Å². The zero-order valence-electron chi connectivity index (χ0n) is 13.5. The Labute approximate surface area is 149 Å². The number of halogens is 2. The largest absolute Gasteiger partial charge is 0.501 e. The highest BCUT2D eigenvalue weighted by atomic mass is 35.5. The first-order valence-electron chi connectivity index (χ1n) is 7.33. The third-order valence-electron chi connectivity index (χ3n) is 3.66. The second kappa shape index (κ2) is 6.30. The van der Waals surface area contributed by atoms with Crippen LogP contribution in [0.2, 0.25) is 5.15 Å². The molecule has 0 radical (unpaired) electrons. The van der Waals surface area contributed by atoms with E-state index < -0.39 is 32.9 Å². The van der Waals surface area contributed by atoms with Crippen LogP contribution in [0.5, 0.6) is 5.75 Å². The molecule has 0 fully saturated rings. The predicted octanol–water partition coefficient (Wildman–Crippen LogP) is 2.71. The average Bonchev–Trinajstić information content (AvgIpc) is 2.57. The van der Waals surface area contributed by atoms with Gasteiger partial charge in [0.1, 0.15) is 0 Å². The molecule has 11 heteroatoms. The molecule has 0 saturated heterocycles. The Hall–Kier alpha value is -3.14. The molecule has 0 saturated carbocycles. The molecule has 0 unspecified atom stereocenters. The quantitative estimate of drug-likeness (QED) is 0.421. The molecular formula is C15H11ClFN5O4. The normalized spacial score (nSPS) is 11.3. The number of pyridine rings is 2. The summed E-state index contributed by atoms with van der Waals surface area (Å²) in [7, 11) is 0.